The standard InChI is InChI=1S/C18H24O/c1-3-4-5-6-7-11-16-14(2)13-15-10-8-9-12-17(15)18(16)19/h8-10,12-13,16H,3-7,11H2,1-2H3. The van der Waals surface area contributed by atoms with Gasteiger partial charge in [0.15, 0.2) is 5.78 Å². The number of benzene rings is 1. The molecule has 102 valence electrons. The number of allylic oxidation sites excluding steroid dienone is 1. The van der Waals surface area contributed by atoms with Crippen LogP contribution in [0.2, 0.25) is 0 Å². The highest BCUT2D eigenvalue weighted by atomic mass is 16.1. The van der Waals surface area contributed by atoms with Crippen molar-refractivity contribution in [3.63, 3.8) is 0 Å². The molecular weight excluding hydrogens is 232 g/mol. The zero-order valence-corrected chi connectivity index (χ0v) is 12.1. The largest absolute Gasteiger partial charge is 0.293 e. The zero-order chi connectivity index (χ0) is 13.7. The van der Waals surface area contributed by atoms with Crippen LogP contribution in [-0.2, 0) is 0 Å². The maximum atomic E-state index is 12.5. The summed E-state index contributed by atoms with van der Waals surface area (Å²) >= 11 is 0. The summed E-state index contributed by atoms with van der Waals surface area (Å²) in [6.45, 7) is 4.33. The topological polar surface area (TPSA) is 17.1 Å². The van der Waals surface area contributed by atoms with Crippen LogP contribution in [-0.4, -0.2) is 5.78 Å². The molecule has 1 aromatic rings. The molecule has 0 saturated heterocycles. The molecule has 1 nitrogen and oxygen atoms in total. The Morgan fingerprint density at radius 3 is 2.58 bits per heavy atom. The average molecular weight is 256 g/mol. The van der Waals surface area contributed by atoms with Gasteiger partial charge in [-0.2, -0.15) is 0 Å². The molecule has 1 atom stereocenters. The molecule has 1 unspecified atom stereocenters. The van der Waals surface area contributed by atoms with Crippen molar-refractivity contribution in [2.45, 2.75) is 52.4 Å². The number of fused-ring (bicyclic) bond motifs is 1. The Kier molecular flexibility index (Phi) is 4.95. The second kappa shape index (κ2) is 6.70. The molecule has 0 saturated carbocycles. The molecule has 1 aliphatic carbocycles. The zero-order valence-electron chi connectivity index (χ0n) is 12.1. The fourth-order valence-electron chi connectivity index (χ4n) is 2.90. The minimum absolute atomic E-state index is 0.122. The third kappa shape index (κ3) is 3.34. The molecule has 2 rings (SSSR count). The predicted molar refractivity (Wildman–Crippen MR) is 81.3 cm³/mol. The van der Waals surface area contributed by atoms with Crippen LogP contribution in [0.25, 0.3) is 6.08 Å². The Hall–Kier alpha value is -1.37. The molecule has 0 fully saturated rings. The van der Waals surface area contributed by atoms with E-state index in [0.29, 0.717) is 5.78 Å². The molecule has 0 aliphatic heterocycles. The van der Waals surface area contributed by atoms with E-state index in [-0.39, 0.29) is 5.92 Å². The predicted octanol–water partition coefficient (Wildman–Crippen LogP) is 5.26. The average Bonchev–Trinajstić information content (AvgIpc) is 2.42. The number of hydrogen-bond donors (Lipinski definition) is 0. The lowest BCUT2D eigenvalue weighted by Crippen LogP contribution is -2.20. The summed E-state index contributed by atoms with van der Waals surface area (Å²) in [5.41, 5.74) is 3.23. The SMILES string of the molecule is CCCCCCCC1C(=O)c2ccccc2C=C1C. The van der Waals surface area contributed by atoms with Gasteiger partial charge in [-0.3, -0.25) is 4.79 Å². The number of Topliss-reactive ketones (excluding diaryl/α,β-unsaturated/α-hetero) is 1. The van der Waals surface area contributed by atoms with Crippen molar-refractivity contribution < 1.29 is 4.79 Å². The van der Waals surface area contributed by atoms with Gasteiger partial charge < -0.3 is 0 Å². The van der Waals surface area contributed by atoms with Crippen LogP contribution < -0.4 is 0 Å². The Morgan fingerprint density at radius 2 is 1.79 bits per heavy atom. The van der Waals surface area contributed by atoms with Crippen molar-refractivity contribution in [1.82, 2.24) is 0 Å². The van der Waals surface area contributed by atoms with Crippen molar-refractivity contribution in [2.24, 2.45) is 5.92 Å². The van der Waals surface area contributed by atoms with E-state index in [2.05, 4.69) is 19.9 Å². The van der Waals surface area contributed by atoms with Gasteiger partial charge in [-0.25, -0.2) is 0 Å². The summed E-state index contributed by atoms with van der Waals surface area (Å²) in [6.07, 6.45) is 9.52. The van der Waals surface area contributed by atoms with Gasteiger partial charge in [-0.1, -0.05) is 74.9 Å². The Labute approximate surface area is 116 Å². The van der Waals surface area contributed by atoms with Crippen LogP contribution in [0.5, 0.6) is 0 Å². The molecule has 0 heterocycles. The van der Waals surface area contributed by atoms with Gasteiger partial charge in [-0.15, -0.1) is 0 Å². The number of carbonyl (C=O) groups excluding carboxylic acids is 1. The van der Waals surface area contributed by atoms with E-state index in [9.17, 15) is 4.79 Å². The molecular formula is C18H24O. The third-order valence-electron chi connectivity index (χ3n) is 4.07. The molecule has 1 aliphatic rings. The Bertz CT molecular complexity index is 470. The first kappa shape index (κ1) is 14.0. The summed E-state index contributed by atoms with van der Waals surface area (Å²) in [4.78, 5) is 12.5. The fourth-order valence-corrected chi connectivity index (χ4v) is 2.90. The second-order valence-corrected chi connectivity index (χ2v) is 5.60. The first-order valence-corrected chi connectivity index (χ1v) is 7.55. The molecule has 0 amide bonds. The van der Waals surface area contributed by atoms with Crippen molar-refractivity contribution in [3.05, 3.63) is 41.0 Å². The minimum atomic E-state index is 0.122. The first-order valence-electron chi connectivity index (χ1n) is 7.55. The van der Waals surface area contributed by atoms with Crippen molar-refractivity contribution in [2.75, 3.05) is 0 Å². The lowest BCUT2D eigenvalue weighted by atomic mass is 9.80. The van der Waals surface area contributed by atoms with Gasteiger partial charge in [0.25, 0.3) is 0 Å². The Balaban J connectivity index is 1.98. The van der Waals surface area contributed by atoms with E-state index in [1.165, 1.54) is 37.7 Å². The molecule has 0 spiro atoms. The number of hydrogen-bond acceptors (Lipinski definition) is 1. The molecule has 1 heteroatoms. The third-order valence-corrected chi connectivity index (χ3v) is 4.07. The van der Waals surface area contributed by atoms with Crippen LogP contribution in [0.15, 0.2) is 29.8 Å². The molecule has 0 radical (unpaired) electrons. The smallest absolute Gasteiger partial charge is 0.170 e. The van der Waals surface area contributed by atoms with Gasteiger partial charge >= 0.3 is 0 Å². The van der Waals surface area contributed by atoms with Gasteiger partial charge in [0, 0.05) is 11.5 Å². The molecule has 1 aromatic carbocycles. The van der Waals surface area contributed by atoms with Gasteiger partial charge in [0.05, 0.1) is 0 Å². The van der Waals surface area contributed by atoms with E-state index in [1.54, 1.807) is 0 Å². The van der Waals surface area contributed by atoms with Crippen LogP contribution in [0, 0.1) is 5.92 Å². The highest BCUT2D eigenvalue weighted by Crippen LogP contribution is 2.31. The number of ketones is 1. The minimum Gasteiger partial charge on any atom is -0.293 e. The maximum absolute atomic E-state index is 12.5. The summed E-state index contributed by atoms with van der Waals surface area (Å²) in [6, 6.07) is 7.96. The Morgan fingerprint density at radius 1 is 1.05 bits per heavy atom. The van der Waals surface area contributed by atoms with Gasteiger partial charge in [0.2, 0.25) is 0 Å². The van der Waals surface area contributed by atoms with E-state index in [0.717, 1.165) is 17.5 Å². The van der Waals surface area contributed by atoms with Gasteiger partial charge in [0.1, 0.15) is 0 Å². The summed E-state index contributed by atoms with van der Waals surface area (Å²) < 4.78 is 0. The molecule has 0 aromatic heterocycles. The summed E-state index contributed by atoms with van der Waals surface area (Å²) in [5, 5.41) is 0. The van der Waals surface area contributed by atoms with E-state index in [1.807, 2.05) is 24.3 Å². The first-order chi connectivity index (χ1) is 9.24. The lowest BCUT2D eigenvalue weighted by Gasteiger charge is -2.22. The lowest BCUT2D eigenvalue weighted by molar-refractivity contribution is 0.0930. The highest BCUT2D eigenvalue weighted by Gasteiger charge is 2.26. The van der Waals surface area contributed by atoms with Gasteiger partial charge in [-0.05, 0) is 18.9 Å². The molecule has 0 bridgehead atoms. The summed E-state index contributed by atoms with van der Waals surface area (Å²) in [7, 11) is 0. The highest BCUT2D eigenvalue weighted by molar-refractivity contribution is 6.05. The normalized spacial score (nSPS) is 18.1. The van der Waals surface area contributed by atoms with Crippen LogP contribution in [0.1, 0.15) is 68.3 Å². The monoisotopic (exact) mass is 256 g/mol. The van der Waals surface area contributed by atoms with Crippen LogP contribution in [0.3, 0.4) is 0 Å². The number of carbonyl (C=O) groups is 1. The van der Waals surface area contributed by atoms with E-state index in [4.69, 9.17) is 0 Å². The van der Waals surface area contributed by atoms with Crippen molar-refractivity contribution in [1.29, 1.82) is 0 Å². The molecule has 0 N–H and O–H groups in total. The molecule has 19 heavy (non-hydrogen) atoms. The van der Waals surface area contributed by atoms with Crippen LogP contribution in [0.4, 0.5) is 0 Å². The van der Waals surface area contributed by atoms with E-state index < -0.39 is 0 Å². The second-order valence-electron chi connectivity index (χ2n) is 5.60. The summed E-state index contributed by atoms with van der Waals surface area (Å²) in [5.74, 6) is 0.447. The fraction of sp³-hybridized carbons (Fsp3) is 0.500. The number of unbranched alkanes of at least 4 members (excludes halogenated alkanes) is 4. The quantitative estimate of drug-likeness (QED) is 0.634. The van der Waals surface area contributed by atoms with Crippen LogP contribution >= 0.6 is 0 Å². The van der Waals surface area contributed by atoms with Crippen molar-refractivity contribution in [3.8, 4) is 0 Å². The van der Waals surface area contributed by atoms with E-state index >= 15 is 0 Å². The number of rotatable bonds is 6. The maximum Gasteiger partial charge on any atom is 0.170 e. The van der Waals surface area contributed by atoms with Crippen molar-refractivity contribution >= 4 is 11.9 Å².